The Morgan fingerprint density at radius 1 is 1.33 bits per heavy atom. The molecule has 0 spiro atoms. The maximum Gasteiger partial charge on any atom is 0.343 e. The summed E-state index contributed by atoms with van der Waals surface area (Å²) in [5.41, 5.74) is 3.04. The van der Waals surface area contributed by atoms with Gasteiger partial charge in [0.05, 0.1) is 5.69 Å². The molecule has 0 bridgehead atoms. The summed E-state index contributed by atoms with van der Waals surface area (Å²) < 4.78 is 4.79. The SMILES string of the molecule is [C-]#[N+]/C(=N/Nc1cc(Cl)cc(Cl)c1)C(=O)c1cc(C)on1. The number of nitrogens with one attached hydrogen (secondary N) is 1. The van der Waals surface area contributed by atoms with Gasteiger partial charge in [0.2, 0.25) is 5.78 Å². The van der Waals surface area contributed by atoms with Crippen LogP contribution in [0, 0.1) is 13.5 Å². The number of hydrogen-bond acceptors (Lipinski definition) is 5. The summed E-state index contributed by atoms with van der Waals surface area (Å²) in [4.78, 5) is 15.1. The number of hydrazone groups is 1. The van der Waals surface area contributed by atoms with Crippen LogP contribution >= 0.6 is 23.2 Å². The predicted octanol–water partition coefficient (Wildman–Crippen LogP) is 3.82. The van der Waals surface area contributed by atoms with Crippen LogP contribution in [0.1, 0.15) is 16.2 Å². The Morgan fingerprint density at radius 3 is 2.52 bits per heavy atom. The molecule has 0 saturated heterocycles. The number of nitrogens with zero attached hydrogens (tertiary/aromatic N) is 3. The Kier molecular flexibility index (Phi) is 4.58. The van der Waals surface area contributed by atoms with Crippen molar-refractivity contribution >= 4 is 40.5 Å². The summed E-state index contributed by atoms with van der Waals surface area (Å²) in [6, 6.07) is 6.10. The van der Waals surface area contributed by atoms with E-state index < -0.39 is 5.78 Å². The number of aromatic nitrogens is 1. The van der Waals surface area contributed by atoms with Crippen LogP contribution in [-0.4, -0.2) is 16.8 Å². The zero-order chi connectivity index (χ0) is 15.4. The summed E-state index contributed by atoms with van der Waals surface area (Å²) in [7, 11) is 0. The van der Waals surface area contributed by atoms with Gasteiger partial charge in [0.25, 0.3) is 0 Å². The van der Waals surface area contributed by atoms with Gasteiger partial charge in [-0.2, -0.15) is 0 Å². The highest BCUT2D eigenvalue weighted by Gasteiger charge is 2.18. The highest BCUT2D eigenvalue weighted by Crippen LogP contribution is 2.22. The molecular weight excluding hydrogens is 315 g/mol. The number of Topliss-reactive ketones (excluding diaryl/α,β-unsaturated/α-hetero) is 1. The quantitative estimate of drug-likeness (QED) is 0.305. The number of anilines is 1. The topological polar surface area (TPSA) is 71.8 Å². The molecule has 0 radical (unpaired) electrons. The number of carbonyl (C=O) groups excluding carboxylic acids is 1. The van der Waals surface area contributed by atoms with E-state index >= 15 is 0 Å². The molecule has 0 aliphatic heterocycles. The highest BCUT2D eigenvalue weighted by molar-refractivity contribution is 6.48. The first-order valence-electron chi connectivity index (χ1n) is 5.65. The molecule has 0 fully saturated rings. The predicted molar refractivity (Wildman–Crippen MR) is 79.7 cm³/mol. The number of benzene rings is 1. The molecular formula is C13H8Cl2N4O2. The van der Waals surface area contributed by atoms with Crippen molar-refractivity contribution in [3.8, 4) is 0 Å². The average Bonchev–Trinajstić information content (AvgIpc) is 2.85. The Labute approximate surface area is 130 Å². The lowest BCUT2D eigenvalue weighted by Gasteiger charge is -1.99. The monoisotopic (exact) mass is 322 g/mol. The minimum atomic E-state index is -0.637. The van der Waals surface area contributed by atoms with Crippen molar-refractivity contribution in [1.82, 2.24) is 5.16 Å². The van der Waals surface area contributed by atoms with Crippen LogP contribution in [0.3, 0.4) is 0 Å². The minimum absolute atomic E-state index is 0.0215. The zero-order valence-corrected chi connectivity index (χ0v) is 12.2. The lowest BCUT2D eigenvalue weighted by Crippen LogP contribution is -2.12. The Hall–Kier alpha value is -2.36. The second-order valence-electron chi connectivity index (χ2n) is 3.97. The van der Waals surface area contributed by atoms with Crippen molar-refractivity contribution in [3.63, 3.8) is 0 Å². The molecule has 1 aromatic heterocycles. The number of halogens is 2. The number of carbonyl (C=O) groups is 1. The van der Waals surface area contributed by atoms with Gasteiger partial charge >= 0.3 is 5.84 Å². The molecule has 21 heavy (non-hydrogen) atoms. The molecule has 2 aromatic rings. The molecule has 0 saturated carbocycles. The molecule has 2 rings (SSSR count). The van der Waals surface area contributed by atoms with Crippen molar-refractivity contribution in [2.45, 2.75) is 6.92 Å². The van der Waals surface area contributed by atoms with Gasteiger partial charge in [0, 0.05) is 16.1 Å². The van der Waals surface area contributed by atoms with E-state index in [-0.39, 0.29) is 11.5 Å². The number of amidine groups is 1. The fourth-order valence-corrected chi connectivity index (χ4v) is 1.98. The first kappa shape index (κ1) is 15.0. The van der Waals surface area contributed by atoms with Gasteiger partial charge in [-0.25, -0.2) is 5.43 Å². The second-order valence-corrected chi connectivity index (χ2v) is 4.84. The van der Waals surface area contributed by atoms with Crippen LogP contribution in [-0.2, 0) is 0 Å². The Bertz CT molecular complexity index is 742. The molecule has 0 aliphatic rings. The largest absolute Gasteiger partial charge is 0.361 e. The Balaban J connectivity index is 2.21. The molecule has 1 aromatic carbocycles. The summed E-state index contributed by atoms with van der Waals surface area (Å²) in [5, 5.41) is 8.10. The van der Waals surface area contributed by atoms with Crippen molar-refractivity contribution in [1.29, 1.82) is 0 Å². The molecule has 0 unspecified atom stereocenters. The third-order valence-corrected chi connectivity index (χ3v) is 2.76. The van der Waals surface area contributed by atoms with E-state index in [2.05, 4.69) is 20.5 Å². The molecule has 1 N–H and O–H groups in total. The molecule has 1 heterocycles. The van der Waals surface area contributed by atoms with Crippen LogP contribution in [0.25, 0.3) is 4.85 Å². The van der Waals surface area contributed by atoms with E-state index in [4.69, 9.17) is 34.3 Å². The van der Waals surface area contributed by atoms with E-state index in [1.807, 2.05) is 0 Å². The van der Waals surface area contributed by atoms with Gasteiger partial charge in [-0.15, -0.1) is 0 Å². The fourth-order valence-electron chi connectivity index (χ4n) is 1.45. The Morgan fingerprint density at radius 2 is 2.00 bits per heavy atom. The molecule has 106 valence electrons. The zero-order valence-electron chi connectivity index (χ0n) is 10.7. The molecule has 0 atom stereocenters. The average molecular weight is 323 g/mol. The smallest absolute Gasteiger partial charge is 0.343 e. The summed E-state index contributed by atoms with van der Waals surface area (Å²) in [6.07, 6.45) is 0. The second kappa shape index (κ2) is 6.39. The van der Waals surface area contributed by atoms with E-state index in [0.717, 1.165) is 0 Å². The van der Waals surface area contributed by atoms with Crippen LogP contribution in [0.4, 0.5) is 5.69 Å². The van der Waals surface area contributed by atoms with Crippen LogP contribution in [0.2, 0.25) is 10.0 Å². The van der Waals surface area contributed by atoms with Crippen molar-refractivity contribution < 1.29 is 9.32 Å². The molecule has 0 amide bonds. The van der Waals surface area contributed by atoms with Crippen molar-refractivity contribution in [2.75, 3.05) is 5.43 Å². The maximum atomic E-state index is 12.0. The number of rotatable bonds is 4. The van der Waals surface area contributed by atoms with Crippen LogP contribution < -0.4 is 5.43 Å². The van der Waals surface area contributed by atoms with E-state index in [0.29, 0.717) is 21.5 Å². The van der Waals surface area contributed by atoms with Gasteiger partial charge in [-0.1, -0.05) is 34.9 Å². The molecule has 0 aliphatic carbocycles. The summed E-state index contributed by atoms with van der Waals surface area (Å²) >= 11 is 11.7. The third kappa shape index (κ3) is 3.81. The van der Waals surface area contributed by atoms with Gasteiger partial charge in [0.1, 0.15) is 11.5 Å². The van der Waals surface area contributed by atoms with Gasteiger partial charge in [-0.05, 0) is 30.2 Å². The van der Waals surface area contributed by atoms with Crippen molar-refractivity contribution in [3.05, 3.63) is 57.2 Å². The van der Waals surface area contributed by atoms with Crippen LogP contribution in [0.5, 0.6) is 0 Å². The van der Waals surface area contributed by atoms with Gasteiger partial charge in [0.15, 0.2) is 0 Å². The number of aryl methyl sites for hydroxylation is 1. The van der Waals surface area contributed by atoms with E-state index in [1.54, 1.807) is 25.1 Å². The lowest BCUT2D eigenvalue weighted by molar-refractivity contribution is 0.105. The summed E-state index contributed by atoms with van der Waals surface area (Å²) in [6.45, 7) is 8.66. The fraction of sp³-hybridized carbons (Fsp3) is 0.0769. The molecule has 8 heteroatoms. The lowest BCUT2D eigenvalue weighted by atomic mass is 10.2. The molecule has 6 nitrogen and oxygen atoms in total. The third-order valence-electron chi connectivity index (χ3n) is 2.32. The maximum absolute atomic E-state index is 12.0. The van der Waals surface area contributed by atoms with Crippen molar-refractivity contribution in [2.24, 2.45) is 5.10 Å². The van der Waals surface area contributed by atoms with Gasteiger partial charge < -0.3 is 9.37 Å². The highest BCUT2D eigenvalue weighted by atomic mass is 35.5. The first-order chi connectivity index (χ1) is 9.99. The minimum Gasteiger partial charge on any atom is -0.361 e. The number of hydrogen-bond donors (Lipinski definition) is 1. The standard InChI is InChI=1S/C13H8Cl2N4O2/c1-7-3-11(19-21-7)12(20)13(16-2)18-17-10-5-8(14)4-9(15)6-10/h3-6,17H,1H3/b18-13+. The number of ketones is 1. The normalized spacial score (nSPS) is 11.0. The summed E-state index contributed by atoms with van der Waals surface area (Å²) in [5.74, 6) is -0.542. The van der Waals surface area contributed by atoms with E-state index in [1.165, 1.54) is 6.07 Å². The van der Waals surface area contributed by atoms with Gasteiger partial charge in [-0.3, -0.25) is 4.79 Å². The van der Waals surface area contributed by atoms with E-state index in [9.17, 15) is 4.79 Å². The van der Waals surface area contributed by atoms with Crippen LogP contribution in [0.15, 0.2) is 33.9 Å². The first-order valence-corrected chi connectivity index (χ1v) is 6.40.